The van der Waals surface area contributed by atoms with Gasteiger partial charge in [0.1, 0.15) is 5.82 Å². The smallest absolute Gasteiger partial charge is 0.132 e. The molecule has 0 amide bonds. The molecule has 0 saturated carbocycles. The van der Waals surface area contributed by atoms with Crippen LogP contribution in [0.1, 0.15) is 11.1 Å². The zero-order valence-electron chi connectivity index (χ0n) is 11.3. The third-order valence-electron chi connectivity index (χ3n) is 3.05. The Hall–Kier alpha value is -1.72. The van der Waals surface area contributed by atoms with Crippen molar-refractivity contribution in [2.45, 2.75) is 13.5 Å². The molecule has 1 aromatic heterocycles. The van der Waals surface area contributed by atoms with Crippen LogP contribution in [0.4, 0.5) is 4.39 Å². The first kappa shape index (κ1) is 13.7. The van der Waals surface area contributed by atoms with Crippen molar-refractivity contribution < 1.29 is 4.39 Å². The van der Waals surface area contributed by atoms with Gasteiger partial charge in [-0.2, -0.15) is 5.10 Å². The zero-order valence-corrected chi connectivity index (χ0v) is 11.3. The lowest BCUT2D eigenvalue weighted by atomic mass is 10.1. The molecule has 0 aliphatic rings. The Morgan fingerprint density at radius 2 is 2.21 bits per heavy atom. The van der Waals surface area contributed by atoms with E-state index in [1.54, 1.807) is 6.07 Å². The minimum absolute atomic E-state index is 0.241. The SMILES string of the molecule is Cc1ccc(-c2n[nH]cc2CN(C)CCN)c(F)c1. The average Bonchev–Trinajstić information content (AvgIpc) is 2.77. The fraction of sp³-hybridized carbons (Fsp3) is 0.357. The lowest BCUT2D eigenvalue weighted by Crippen LogP contribution is -2.25. The van der Waals surface area contributed by atoms with Crippen molar-refractivity contribution in [1.29, 1.82) is 0 Å². The predicted octanol–water partition coefficient (Wildman–Crippen LogP) is 1.91. The van der Waals surface area contributed by atoms with Crippen molar-refractivity contribution in [3.05, 3.63) is 41.3 Å². The van der Waals surface area contributed by atoms with E-state index in [0.717, 1.165) is 17.7 Å². The standard InChI is InChI=1S/C14H19FN4/c1-10-3-4-12(13(15)7-10)14-11(8-17-18-14)9-19(2)6-5-16/h3-4,7-8H,5-6,9,16H2,1-2H3,(H,17,18). The van der Waals surface area contributed by atoms with Crippen LogP contribution in [0.5, 0.6) is 0 Å². The second-order valence-electron chi connectivity index (χ2n) is 4.77. The first-order valence-electron chi connectivity index (χ1n) is 6.29. The molecule has 0 bridgehead atoms. The molecule has 0 aliphatic heterocycles. The van der Waals surface area contributed by atoms with Gasteiger partial charge < -0.3 is 10.6 Å². The number of nitrogens with one attached hydrogen (secondary N) is 1. The van der Waals surface area contributed by atoms with Crippen molar-refractivity contribution >= 4 is 0 Å². The lowest BCUT2D eigenvalue weighted by molar-refractivity contribution is 0.337. The van der Waals surface area contributed by atoms with Crippen LogP contribution in [-0.2, 0) is 6.54 Å². The van der Waals surface area contributed by atoms with Crippen LogP contribution in [0.15, 0.2) is 24.4 Å². The van der Waals surface area contributed by atoms with Gasteiger partial charge in [0.05, 0.1) is 5.69 Å². The quantitative estimate of drug-likeness (QED) is 0.865. The largest absolute Gasteiger partial charge is 0.329 e. The Morgan fingerprint density at radius 3 is 2.89 bits per heavy atom. The fourth-order valence-electron chi connectivity index (χ4n) is 2.07. The minimum atomic E-state index is -0.241. The molecule has 1 heterocycles. The molecule has 102 valence electrons. The van der Waals surface area contributed by atoms with E-state index < -0.39 is 0 Å². The molecule has 19 heavy (non-hydrogen) atoms. The Kier molecular flexibility index (Phi) is 4.29. The molecule has 1 aromatic carbocycles. The maximum Gasteiger partial charge on any atom is 0.132 e. The molecule has 0 spiro atoms. The van der Waals surface area contributed by atoms with Gasteiger partial charge in [0.25, 0.3) is 0 Å². The number of H-pyrrole nitrogens is 1. The summed E-state index contributed by atoms with van der Waals surface area (Å²) in [7, 11) is 1.98. The molecule has 0 atom stereocenters. The second kappa shape index (κ2) is 5.95. The number of nitrogens with zero attached hydrogens (tertiary/aromatic N) is 2. The van der Waals surface area contributed by atoms with Crippen molar-refractivity contribution in [3.63, 3.8) is 0 Å². The highest BCUT2D eigenvalue weighted by Crippen LogP contribution is 2.25. The van der Waals surface area contributed by atoms with Gasteiger partial charge in [-0.1, -0.05) is 6.07 Å². The zero-order chi connectivity index (χ0) is 13.8. The van der Waals surface area contributed by atoms with Gasteiger partial charge in [-0.25, -0.2) is 4.39 Å². The monoisotopic (exact) mass is 262 g/mol. The molecule has 0 aliphatic carbocycles. The maximum atomic E-state index is 14.0. The van der Waals surface area contributed by atoms with E-state index in [1.807, 2.05) is 26.2 Å². The van der Waals surface area contributed by atoms with Crippen LogP contribution in [0.3, 0.4) is 0 Å². The van der Waals surface area contributed by atoms with Crippen LogP contribution in [0.2, 0.25) is 0 Å². The molecule has 4 nitrogen and oxygen atoms in total. The van der Waals surface area contributed by atoms with Gasteiger partial charge in [0.2, 0.25) is 0 Å². The molecule has 3 N–H and O–H groups in total. The van der Waals surface area contributed by atoms with E-state index in [2.05, 4.69) is 15.1 Å². The predicted molar refractivity (Wildman–Crippen MR) is 74.1 cm³/mol. The molecule has 0 fully saturated rings. The van der Waals surface area contributed by atoms with Crippen LogP contribution in [0, 0.1) is 12.7 Å². The Balaban J connectivity index is 2.28. The van der Waals surface area contributed by atoms with Crippen molar-refractivity contribution in [1.82, 2.24) is 15.1 Å². The number of hydrogen-bond donors (Lipinski definition) is 2. The van der Waals surface area contributed by atoms with E-state index in [1.165, 1.54) is 6.07 Å². The molecule has 0 radical (unpaired) electrons. The number of aryl methyl sites for hydroxylation is 1. The molecule has 5 heteroatoms. The van der Waals surface area contributed by atoms with Gasteiger partial charge in [0, 0.05) is 37.0 Å². The first-order valence-corrected chi connectivity index (χ1v) is 6.29. The minimum Gasteiger partial charge on any atom is -0.329 e. The van der Waals surface area contributed by atoms with Gasteiger partial charge >= 0.3 is 0 Å². The van der Waals surface area contributed by atoms with E-state index in [-0.39, 0.29) is 5.82 Å². The van der Waals surface area contributed by atoms with E-state index in [9.17, 15) is 4.39 Å². The number of rotatable bonds is 5. The summed E-state index contributed by atoms with van der Waals surface area (Å²) in [6, 6.07) is 5.19. The van der Waals surface area contributed by atoms with Gasteiger partial charge in [-0.15, -0.1) is 0 Å². The second-order valence-corrected chi connectivity index (χ2v) is 4.77. The number of nitrogens with two attached hydrogens (primary N) is 1. The van der Waals surface area contributed by atoms with Crippen LogP contribution in [-0.4, -0.2) is 35.2 Å². The van der Waals surface area contributed by atoms with E-state index >= 15 is 0 Å². The summed E-state index contributed by atoms with van der Waals surface area (Å²) in [5.74, 6) is -0.241. The normalized spacial score (nSPS) is 11.2. The number of halogens is 1. The Morgan fingerprint density at radius 1 is 1.42 bits per heavy atom. The summed E-state index contributed by atoms with van der Waals surface area (Å²) in [5.41, 5.74) is 8.59. The number of hydrogen-bond acceptors (Lipinski definition) is 3. The Bertz CT molecular complexity index is 550. The van der Waals surface area contributed by atoms with Crippen molar-refractivity contribution in [3.8, 4) is 11.3 Å². The van der Waals surface area contributed by atoms with Gasteiger partial charge in [0.15, 0.2) is 0 Å². The molecule has 2 aromatic rings. The van der Waals surface area contributed by atoms with E-state index in [0.29, 0.717) is 24.3 Å². The fourth-order valence-corrected chi connectivity index (χ4v) is 2.07. The van der Waals surface area contributed by atoms with Crippen LogP contribution in [0.25, 0.3) is 11.3 Å². The van der Waals surface area contributed by atoms with Crippen LogP contribution >= 0.6 is 0 Å². The van der Waals surface area contributed by atoms with Crippen molar-refractivity contribution in [2.75, 3.05) is 20.1 Å². The summed E-state index contributed by atoms with van der Waals surface area (Å²) < 4.78 is 14.0. The molecule has 0 unspecified atom stereocenters. The van der Waals surface area contributed by atoms with Gasteiger partial charge in [-0.05, 0) is 31.7 Å². The highest BCUT2D eigenvalue weighted by molar-refractivity contribution is 5.63. The summed E-state index contributed by atoms with van der Waals surface area (Å²) >= 11 is 0. The highest BCUT2D eigenvalue weighted by atomic mass is 19.1. The topological polar surface area (TPSA) is 57.9 Å². The summed E-state index contributed by atoms with van der Waals surface area (Å²) in [6.07, 6.45) is 1.81. The molecule has 0 saturated heterocycles. The summed E-state index contributed by atoms with van der Waals surface area (Å²) in [4.78, 5) is 2.08. The number of aromatic nitrogens is 2. The number of likely N-dealkylation sites (N-methyl/N-ethyl adjacent to an activating group) is 1. The number of aromatic amines is 1. The third kappa shape index (κ3) is 3.19. The van der Waals surface area contributed by atoms with Gasteiger partial charge in [-0.3, -0.25) is 5.10 Å². The average molecular weight is 262 g/mol. The maximum absolute atomic E-state index is 14.0. The molecular formula is C14H19FN4. The number of benzene rings is 1. The summed E-state index contributed by atoms with van der Waals surface area (Å²) in [6.45, 7) is 3.95. The highest BCUT2D eigenvalue weighted by Gasteiger charge is 2.14. The Labute approximate surface area is 112 Å². The molecule has 2 rings (SSSR count). The van der Waals surface area contributed by atoms with Crippen molar-refractivity contribution in [2.24, 2.45) is 5.73 Å². The summed E-state index contributed by atoms with van der Waals surface area (Å²) in [5, 5.41) is 6.98. The van der Waals surface area contributed by atoms with E-state index in [4.69, 9.17) is 5.73 Å². The molecular weight excluding hydrogens is 243 g/mol. The first-order chi connectivity index (χ1) is 9.11. The lowest BCUT2D eigenvalue weighted by Gasteiger charge is -2.15. The third-order valence-corrected chi connectivity index (χ3v) is 3.05. The van der Waals surface area contributed by atoms with Crippen LogP contribution < -0.4 is 5.73 Å².